The first-order chi connectivity index (χ1) is 11.7. The minimum Gasteiger partial charge on any atom is -0.354 e. The van der Waals surface area contributed by atoms with E-state index in [-0.39, 0.29) is 37.8 Å². The van der Waals surface area contributed by atoms with Crippen LogP contribution in [0.4, 0.5) is 13.2 Å². The van der Waals surface area contributed by atoms with E-state index >= 15 is 0 Å². The van der Waals surface area contributed by atoms with Crippen molar-refractivity contribution < 1.29 is 22.8 Å². The summed E-state index contributed by atoms with van der Waals surface area (Å²) >= 11 is 0. The lowest BCUT2D eigenvalue weighted by Crippen LogP contribution is -2.50. The molecule has 25 heavy (non-hydrogen) atoms. The molecule has 5 nitrogen and oxygen atoms in total. The van der Waals surface area contributed by atoms with Gasteiger partial charge in [0.25, 0.3) is 0 Å². The maximum Gasteiger partial charge on any atom is 0.471 e. The van der Waals surface area contributed by atoms with Gasteiger partial charge in [-0.2, -0.15) is 13.2 Å². The number of piperidine rings is 1. The summed E-state index contributed by atoms with van der Waals surface area (Å²) in [7, 11) is 0. The minimum absolute atomic E-state index is 0.0177. The van der Waals surface area contributed by atoms with E-state index in [4.69, 9.17) is 0 Å². The fourth-order valence-electron chi connectivity index (χ4n) is 3.73. The Morgan fingerprint density at radius 2 is 1.64 bits per heavy atom. The molecule has 0 saturated carbocycles. The smallest absolute Gasteiger partial charge is 0.354 e. The number of alkyl halides is 3. The van der Waals surface area contributed by atoms with Crippen LogP contribution in [0.25, 0.3) is 0 Å². The van der Waals surface area contributed by atoms with Gasteiger partial charge >= 0.3 is 12.1 Å². The van der Waals surface area contributed by atoms with Crippen LogP contribution in [0.5, 0.6) is 0 Å². The lowest BCUT2D eigenvalue weighted by molar-refractivity contribution is -0.186. The first-order valence-electron chi connectivity index (χ1n) is 9.08. The van der Waals surface area contributed by atoms with Gasteiger partial charge in [0, 0.05) is 31.6 Å². The fourth-order valence-corrected chi connectivity index (χ4v) is 3.73. The molecule has 144 valence electrons. The van der Waals surface area contributed by atoms with Crippen molar-refractivity contribution in [2.75, 3.05) is 32.7 Å². The Labute approximate surface area is 146 Å². The molecular weight excluding hydrogens is 335 g/mol. The highest BCUT2D eigenvalue weighted by molar-refractivity contribution is 5.83. The summed E-state index contributed by atoms with van der Waals surface area (Å²) in [6.45, 7) is 6.91. The number of hydrogen-bond donors (Lipinski definition) is 1. The molecule has 0 radical (unpaired) electrons. The quantitative estimate of drug-likeness (QED) is 0.813. The maximum absolute atomic E-state index is 12.4. The van der Waals surface area contributed by atoms with Crippen LogP contribution >= 0.6 is 0 Å². The van der Waals surface area contributed by atoms with Crippen molar-refractivity contribution in [3.8, 4) is 0 Å². The largest absolute Gasteiger partial charge is 0.471 e. The van der Waals surface area contributed by atoms with Crippen LogP contribution in [-0.4, -0.2) is 66.6 Å². The molecule has 2 aliphatic heterocycles. The average molecular weight is 363 g/mol. The summed E-state index contributed by atoms with van der Waals surface area (Å²) in [4.78, 5) is 26.8. The molecule has 8 heteroatoms. The third kappa shape index (κ3) is 5.33. The second kappa shape index (κ2) is 8.38. The van der Waals surface area contributed by atoms with Gasteiger partial charge in [0.1, 0.15) is 0 Å². The second-order valence-electron chi connectivity index (χ2n) is 7.36. The third-order valence-electron chi connectivity index (χ3n) is 5.26. The van der Waals surface area contributed by atoms with Crippen molar-refractivity contribution in [2.24, 2.45) is 11.8 Å². The molecule has 0 spiro atoms. The molecule has 2 aliphatic rings. The van der Waals surface area contributed by atoms with Crippen molar-refractivity contribution in [3.63, 3.8) is 0 Å². The van der Waals surface area contributed by atoms with E-state index in [1.165, 1.54) is 12.8 Å². The second-order valence-corrected chi connectivity index (χ2v) is 7.36. The lowest BCUT2D eigenvalue weighted by Gasteiger charge is -2.33. The summed E-state index contributed by atoms with van der Waals surface area (Å²) in [6.07, 6.45) is -1.91. The summed E-state index contributed by atoms with van der Waals surface area (Å²) in [5.41, 5.74) is 0. The molecule has 0 bridgehead atoms. The Bertz CT molecular complexity index is 468. The van der Waals surface area contributed by atoms with Crippen LogP contribution in [0, 0.1) is 11.8 Å². The first-order valence-corrected chi connectivity index (χ1v) is 9.08. The molecule has 0 aromatic carbocycles. The minimum atomic E-state index is -4.84. The summed E-state index contributed by atoms with van der Waals surface area (Å²) in [5.74, 6) is -1.81. The number of nitrogens with zero attached hydrogens (tertiary/aromatic N) is 2. The van der Waals surface area contributed by atoms with Crippen LogP contribution in [0.1, 0.15) is 39.5 Å². The van der Waals surface area contributed by atoms with Gasteiger partial charge < -0.3 is 10.2 Å². The number of nitrogens with one attached hydrogen (secondary N) is 1. The van der Waals surface area contributed by atoms with Crippen molar-refractivity contribution in [2.45, 2.75) is 51.7 Å². The molecule has 1 unspecified atom stereocenters. The Morgan fingerprint density at radius 1 is 1.08 bits per heavy atom. The van der Waals surface area contributed by atoms with Gasteiger partial charge in [0.2, 0.25) is 5.91 Å². The van der Waals surface area contributed by atoms with E-state index in [0.29, 0.717) is 18.5 Å². The van der Waals surface area contributed by atoms with Gasteiger partial charge in [-0.25, -0.2) is 0 Å². The highest BCUT2D eigenvalue weighted by Gasteiger charge is 2.43. The van der Waals surface area contributed by atoms with E-state index in [1.807, 2.05) is 0 Å². The predicted octanol–water partition coefficient (Wildman–Crippen LogP) is 2.02. The third-order valence-corrected chi connectivity index (χ3v) is 5.26. The van der Waals surface area contributed by atoms with Crippen molar-refractivity contribution in [1.82, 2.24) is 15.1 Å². The number of hydrogen-bond acceptors (Lipinski definition) is 3. The number of rotatable bonds is 5. The lowest BCUT2D eigenvalue weighted by atomic mass is 9.95. The monoisotopic (exact) mass is 363 g/mol. The van der Waals surface area contributed by atoms with Gasteiger partial charge in [-0.1, -0.05) is 13.8 Å². The predicted molar refractivity (Wildman–Crippen MR) is 87.8 cm³/mol. The highest BCUT2D eigenvalue weighted by Crippen LogP contribution is 2.24. The first kappa shape index (κ1) is 20.0. The molecular formula is C17H28F3N3O2. The van der Waals surface area contributed by atoms with Gasteiger partial charge in [0.15, 0.2) is 0 Å². The van der Waals surface area contributed by atoms with Gasteiger partial charge in [-0.15, -0.1) is 0 Å². The summed E-state index contributed by atoms with van der Waals surface area (Å²) in [6, 6.07) is 0.290. The molecule has 0 aromatic rings. The van der Waals surface area contributed by atoms with E-state index < -0.39 is 12.1 Å². The van der Waals surface area contributed by atoms with Crippen LogP contribution in [-0.2, 0) is 9.59 Å². The SMILES string of the molecule is CC(C)C(CNC(=O)C1CCN(C(=O)C(F)(F)F)CC1)N1CCCC1. The van der Waals surface area contributed by atoms with Crippen LogP contribution in [0.2, 0.25) is 0 Å². The Morgan fingerprint density at radius 3 is 2.12 bits per heavy atom. The van der Waals surface area contributed by atoms with Crippen molar-refractivity contribution in [3.05, 3.63) is 0 Å². The number of carbonyl (C=O) groups excluding carboxylic acids is 2. The maximum atomic E-state index is 12.4. The molecule has 0 aliphatic carbocycles. The van der Waals surface area contributed by atoms with Crippen LogP contribution in [0.15, 0.2) is 0 Å². The van der Waals surface area contributed by atoms with Gasteiger partial charge in [-0.05, 0) is 44.7 Å². The van der Waals surface area contributed by atoms with Crippen LogP contribution < -0.4 is 5.32 Å². The van der Waals surface area contributed by atoms with E-state index in [9.17, 15) is 22.8 Å². The zero-order chi connectivity index (χ0) is 18.6. The molecule has 2 fully saturated rings. The Kier molecular flexibility index (Phi) is 6.71. The number of amides is 2. The number of carbonyl (C=O) groups is 2. The van der Waals surface area contributed by atoms with Gasteiger partial charge in [-0.3, -0.25) is 14.5 Å². The number of halogens is 3. The Hall–Kier alpha value is -1.31. The summed E-state index contributed by atoms with van der Waals surface area (Å²) < 4.78 is 37.3. The van der Waals surface area contributed by atoms with Gasteiger partial charge in [0.05, 0.1) is 0 Å². The zero-order valence-corrected chi connectivity index (χ0v) is 14.9. The molecule has 2 rings (SSSR count). The van der Waals surface area contributed by atoms with Crippen molar-refractivity contribution in [1.29, 1.82) is 0 Å². The zero-order valence-electron chi connectivity index (χ0n) is 14.9. The van der Waals surface area contributed by atoms with Crippen molar-refractivity contribution >= 4 is 11.8 Å². The molecule has 2 saturated heterocycles. The molecule has 2 amide bonds. The standard InChI is InChI=1S/C17H28F3N3O2/c1-12(2)14(22-7-3-4-8-22)11-21-15(24)13-5-9-23(10-6-13)16(25)17(18,19)20/h12-14H,3-11H2,1-2H3,(H,21,24). The fraction of sp³-hybridized carbons (Fsp3) is 0.882. The number of likely N-dealkylation sites (tertiary alicyclic amines) is 2. The molecule has 0 aromatic heterocycles. The molecule has 1 atom stereocenters. The Balaban J connectivity index is 1.79. The van der Waals surface area contributed by atoms with E-state index in [2.05, 4.69) is 24.1 Å². The van der Waals surface area contributed by atoms with Crippen LogP contribution in [0.3, 0.4) is 0 Å². The molecule has 1 N–H and O–H groups in total. The highest BCUT2D eigenvalue weighted by atomic mass is 19.4. The average Bonchev–Trinajstić information content (AvgIpc) is 3.07. The van der Waals surface area contributed by atoms with E-state index in [0.717, 1.165) is 18.0 Å². The molecule has 2 heterocycles. The normalized spacial score (nSPS) is 21.6. The van der Waals surface area contributed by atoms with E-state index in [1.54, 1.807) is 0 Å². The topological polar surface area (TPSA) is 52.7 Å². The summed E-state index contributed by atoms with van der Waals surface area (Å²) in [5, 5.41) is 2.98.